The van der Waals surface area contributed by atoms with Crippen molar-refractivity contribution in [3.63, 3.8) is 0 Å². The van der Waals surface area contributed by atoms with E-state index in [1.807, 2.05) is 0 Å². The third-order valence-electron chi connectivity index (χ3n) is 3.66. The van der Waals surface area contributed by atoms with E-state index in [0.29, 0.717) is 25.2 Å². The first-order valence-electron chi connectivity index (χ1n) is 6.54. The second-order valence-electron chi connectivity index (χ2n) is 4.96. The number of fused-ring (bicyclic) bond motifs is 1. The summed E-state index contributed by atoms with van der Waals surface area (Å²) in [5.74, 6) is -2.28. The summed E-state index contributed by atoms with van der Waals surface area (Å²) in [6.07, 6.45) is 1.61. The van der Waals surface area contributed by atoms with E-state index in [4.69, 9.17) is 11.6 Å². The van der Waals surface area contributed by atoms with Crippen molar-refractivity contribution in [3.05, 3.63) is 49.4 Å². The van der Waals surface area contributed by atoms with Crippen molar-refractivity contribution in [3.8, 4) is 11.1 Å². The van der Waals surface area contributed by atoms with Crippen LogP contribution in [0.3, 0.4) is 0 Å². The third kappa shape index (κ3) is 2.10. The van der Waals surface area contributed by atoms with Crippen LogP contribution in [0.1, 0.15) is 12.8 Å². The fraction of sp³-hybridized carbons (Fsp3) is 0.308. The maximum Gasteiger partial charge on any atom is 0.307 e. The smallest absolute Gasteiger partial charge is 0.271 e. The fourth-order valence-corrected chi connectivity index (χ4v) is 2.98. The van der Waals surface area contributed by atoms with Crippen molar-refractivity contribution in [1.29, 1.82) is 0 Å². The first-order chi connectivity index (χ1) is 10.4. The summed E-state index contributed by atoms with van der Waals surface area (Å²) in [5, 5.41) is 10.6. The Hall–Kier alpha value is -2.22. The van der Waals surface area contributed by atoms with E-state index in [0.717, 1.165) is 12.8 Å². The molecule has 0 bridgehead atoms. The molecular weight excluding hydrogens is 320 g/mol. The number of rotatable bonds is 2. The predicted octanol–water partition coefficient (Wildman–Crippen LogP) is 2.95. The Morgan fingerprint density at radius 2 is 1.77 bits per heavy atom. The highest BCUT2D eigenvalue weighted by Gasteiger charge is 2.27. The molecule has 116 valence electrons. The van der Waals surface area contributed by atoms with Crippen molar-refractivity contribution in [2.45, 2.75) is 25.9 Å². The second-order valence-corrected chi connectivity index (χ2v) is 5.32. The molecule has 0 amide bonds. The summed E-state index contributed by atoms with van der Waals surface area (Å²) in [6, 6.07) is 1.10. The van der Waals surface area contributed by atoms with Crippen molar-refractivity contribution in [2.75, 3.05) is 0 Å². The molecule has 0 spiro atoms. The Bertz CT molecular complexity index is 844. The molecule has 2 heterocycles. The quantitative estimate of drug-likeness (QED) is 0.628. The lowest BCUT2D eigenvalue weighted by Gasteiger charge is -2.17. The molecule has 1 aliphatic heterocycles. The summed E-state index contributed by atoms with van der Waals surface area (Å²) in [5.41, 5.74) is -2.05. The number of hydrogen-bond acceptors (Lipinski definition) is 3. The van der Waals surface area contributed by atoms with Gasteiger partial charge in [-0.05, 0) is 18.9 Å². The van der Waals surface area contributed by atoms with Crippen LogP contribution >= 0.6 is 11.6 Å². The Kier molecular flexibility index (Phi) is 3.48. The molecule has 1 aromatic heterocycles. The van der Waals surface area contributed by atoms with Crippen LogP contribution in [-0.2, 0) is 13.1 Å². The van der Waals surface area contributed by atoms with Crippen LogP contribution in [0.25, 0.3) is 11.1 Å². The minimum Gasteiger partial charge on any atom is -0.271 e. The zero-order valence-electron chi connectivity index (χ0n) is 11.2. The first-order valence-corrected chi connectivity index (χ1v) is 6.92. The average molecular weight is 330 g/mol. The minimum absolute atomic E-state index is 0.0110. The molecule has 1 aliphatic rings. The van der Waals surface area contributed by atoms with Crippen LogP contribution < -0.4 is 5.56 Å². The highest BCUT2D eigenvalue weighted by atomic mass is 35.5. The van der Waals surface area contributed by atoms with Gasteiger partial charge in [-0.3, -0.25) is 19.6 Å². The highest BCUT2D eigenvalue weighted by Crippen LogP contribution is 2.32. The molecule has 0 unspecified atom stereocenters. The fourth-order valence-electron chi connectivity index (χ4n) is 2.62. The molecule has 0 N–H and O–H groups in total. The van der Waals surface area contributed by atoms with Gasteiger partial charge >= 0.3 is 5.69 Å². The van der Waals surface area contributed by atoms with Crippen molar-refractivity contribution in [2.24, 2.45) is 0 Å². The largest absolute Gasteiger partial charge is 0.307 e. The van der Waals surface area contributed by atoms with E-state index < -0.39 is 27.8 Å². The van der Waals surface area contributed by atoms with E-state index in [1.165, 1.54) is 9.36 Å². The number of aromatic nitrogens is 2. The summed E-state index contributed by atoms with van der Waals surface area (Å²) >= 11 is 6.13. The zero-order chi connectivity index (χ0) is 16.0. The van der Waals surface area contributed by atoms with Gasteiger partial charge in [0.1, 0.15) is 11.0 Å². The summed E-state index contributed by atoms with van der Waals surface area (Å²) < 4.78 is 30.8. The van der Waals surface area contributed by atoms with E-state index in [-0.39, 0.29) is 16.3 Å². The predicted molar refractivity (Wildman–Crippen MR) is 74.9 cm³/mol. The number of nitro groups is 1. The maximum absolute atomic E-state index is 14.1. The van der Waals surface area contributed by atoms with Crippen molar-refractivity contribution in [1.82, 2.24) is 9.36 Å². The molecule has 0 aliphatic carbocycles. The molecule has 0 atom stereocenters. The SMILES string of the molecule is O=c1c(-c2cc(F)c([N+](=O)[O-])cc2F)c(Cl)n2n1CCCC2. The second kappa shape index (κ2) is 5.20. The monoisotopic (exact) mass is 329 g/mol. The normalized spacial score (nSPS) is 14.0. The van der Waals surface area contributed by atoms with Gasteiger partial charge < -0.3 is 0 Å². The van der Waals surface area contributed by atoms with Crippen LogP contribution in [0.5, 0.6) is 0 Å². The minimum atomic E-state index is -1.22. The first kappa shape index (κ1) is 14.7. The van der Waals surface area contributed by atoms with Gasteiger partial charge in [-0.2, -0.15) is 4.39 Å². The third-order valence-corrected chi connectivity index (χ3v) is 4.05. The number of halogens is 3. The lowest BCUT2D eigenvalue weighted by Crippen LogP contribution is -2.27. The number of nitrogens with zero attached hydrogens (tertiary/aromatic N) is 3. The lowest BCUT2D eigenvalue weighted by atomic mass is 10.1. The van der Waals surface area contributed by atoms with Gasteiger partial charge in [0.25, 0.3) is 5.56 Å². The summed E-state index contributed by atoms with van der Waals surface area (Å²) in [7, 11) is 0. The van der Waals surface area contributed by atoms with Gasteiger partial charge in [0, 0.05) is 18.7 Å². The Morgan fingerprint density at radius 3 is 2.36 bits per heavy atom. The maximum atomic E-state index is 14.1. The summed E-state index contributed by atoms with van der Waals surface area (Å²) in [4.78, 5) is 21.9. The number of hydrogen-bond donors (Lipinski definition) is 0. The number of benzene rings is 1. The number of nitro benzene ring substituents is 1. The van der Waals surface area contributed by atoms with Gasteiger partial charge in [-0.1, -0.05) is 11.6 Å². The van der Waals surface area contributed by atoms with E-state index in [2.05, 4.69) is 0 Å². The molecule has 0 radical (unpaired) electrons. The van der Waals surface area contributed by atoms with Gasteiger partial charge in [0.15, 0.2) is 0 Å². The molecule has 3 rings (SSSR count). The Morgan fingerprint density at radius 1 is 1.14 bits per heavy atom. The zero-order valence-corrected chi connectivity index (χ0v) is 11.9. The summed E-state index contributed by atoms with van der Waals surface area (Å²) in [6.45, 7) is 0.945. The van der Waals surface area contributed by atoms with Crippen LogP contribution in [0, 0.1) is 21.7 Å². The molecule has 0 saturated heterocycles. The van der Waals surface area contributed by atoms with Crippen LogP contribution in [0.2, 0.25) is 5.15 Å². The molecule has 0 saturated carbocycles. The molecular formula is C13H10ClF2N3O3. The van der Waals surface area contributed by atoms with E-state index >= 15 is 0 Å². The van der Waals surface area contributed by atoms with Crippen LogP contribution in [-0.4, -0.2) is 14.3 Å². The molecule has 9 heteroatoms. The molecule has 1 aromatic carbocycles. The molecule has 2 aromatic rings. The van der Waals surface area contributed by atoms with Crippen LogP contribution in [0.4, 0.5) is 14.5 Å². The molecule has 0 fully saturated rings. The Balaban J connectivity index is 2.25. The van der Waals surface area contributed by atoms with Gasteiger partial charge in [0.05, 0.1) is 16.6 Å². The standard InChI is InChI=1S/C13H10ClF2N3O3/c14-12-11(13(20)18-4-2-1-3-17(12)18)7-5-9(16)10(19(21)22)6-8(7)15/h5-6H,1-4H2. The molecule has 22 heavy (non-hydrogen) atoms. The van der Waals surface area contributed by atoms with Crippen molar-refractivity contribution < 1.29 is 13.7 Å². The molecule has 6 nitrogen and oxygen atoms in total. The average Bonchev–Trinajstić information content (AvgIpc) is 2.73. The Labute approximate surface area is 127 Å². The highest BCUT2D eigenvalue weighted by molar-refractivity contribution is 6.32. The lowest BCUT2D eigenvalue weighted by molar-refractivity contribution is -0.387. The van der Waals surface area contributed by atoms with Gasteiger partial charge in [-0.25, -0.2) is 9.07 Å². The van der Waals surface area contributed by atoms with Gasteiger partial charge in [0.2, 0.25) is 5.82 Å². The van der Waals surface area contributed by atoms with Crippen LogP contribution in [0.15, 0.2) is 16.9 Å². The van der Waals surface area contributed by atoms with E-state index in [1.54, 1.807) is 0 Å². The van der Waals surface area contributed by atoms with Gasteiger partial charge in [-0.15, -0.1) is 0 Å². The van der Waals surface area contributed by atoms with E-state index in [9.17, 15) is 23.7 Å². The topological polar surface area (TPSA) is 70.1 Å². The van der Waals surface area contributed by atoms with Crippen molar-refractivity contribution >= 4 is 17.3 Å².